The van der Waals surface area contributed by atoms with E-state index < -0.39 is 0 Å². The summed E-state index contributed by atoms with van der Waals surface area (Å²) in [5.41, 5.74) is 7.91. The second-order valence-corrected chi connectivity index (χ2v) is 4.75. The molecule has 1 aromatic carbocycles. The molecule has 20 heavy (non-hydrogen) atoms. The minimum absolute atomic E-state index is 0.132. The molecule has 0 bridgehead atoms. The highest BCUT2D eigenvalue weighted by Gasteiger charge is 2.16. The molecule has 0 radical (unpaired) electrons. The van der Waals surface area contributed by atoms with Crippen LogP contribution in [0.25, 0.3) is 0 Å². The molecule has 0 aliphatic rings. The molecule has 1 aromatic heterocycles. The number of benzene rings is 1. The second kappa shape index (κ2) is 5.61. The molecule has 0 fully saturated rings. The number of H-pyrrole nitrogens is 1. The Morgan fingerprint density at radius 2 is 2.05 bits per heavy atom. The number of amides is 1. The highest BCUT2D eigenvalue weighted by atomic mass is 16.2. The van der Waals surface area contributed by atoms with E-state index in [-0.39, 0.29) is 16.9 Å². The largest absolute Gasteiger partial charge is 0.398 e. The van der Waals surface area contributed by atoms with Crippen molar-refractivity contribution in [3.63, 3.8) is 0 Å². The predicted octanol–water partition coefficient (Wildman–Crippen LogP) is 1.54. The average Bonchev–Trinajstić information content (AvgIpc) is 2.40. The Kier molecular flexibility index (Phi) is 3.89. The summed E-state index contributed by atoms with van der Waals surface area (Å²) in [6, 6.07) is 8.76. The molecule has 2 aromatic rings. The van der Waals surface area contributed by atoms with E-state index >= 15 is 0 Å². The Balaban J connectivity index is 2.21. The average molecular weight is 271 g/mol. The van der Waals surface area contributed by atoms with Crippen molar-refractivity contribution in [2.24, 2.45) is 0 Å². The van der Waals surface area contributed by atoms with Crippen LogP contribution in [0.4, 0.5) is 5.69 Å². The number of nitrogen functional groups attached to an aromatic ring is 1. The first kappa shape index (κ1) is 13.9. The van der Waals surface area contributed by atoms with Gasteiger partial charge in [-0.2, -0.15) is 0 Å². The summed E-state index contributed by atoms with van der Waals surface area (Å²) >= 11 is 0. The highest BCUT2D eigenvalue weighted by Crippen LogP contribution is 2.13. The van der Waals surface area contributed by atoms with E-state index in [9.17, 15) is 9.59 Å². The van der Waals surface area contributed by atoms with Gasteiger partial charge in [-0.15, -0.1) is 0 Å². The van der Waals surface area contributed by atoms with E-state index in [2.05, 4.69) is 4.98 Å². The summed E-state index contributed by atoms with van der Waals surface area (Å²) in [4.78, 5) is 28.4. The van der Waals surface area contributed by atoms with E-state index in [0.29, 0.717) is 12.2 Å². The Hall–Kier alpha value is -2.56. The number of carbonyl (C=O) groups is 1. The zero-order valence-corrected chi connectivity index (χ0v) is 11.5. The van der Waals surface area contributed by atoms with E-state index in [0.717, 1.165) is 11.3 Å². The van der Waals surface area contributed by atoms with Crippen molar-refractivity contribution >= 4 is 11.6 Å². The van der Waals surface area contributed by atoms with Gasteiger partial charge in [0.1, 0.15) is 5.56 Å². The molecule has 0 unspecified atom stereocenters. The topological polar surface area (TPSA) is 79.2 Å². The van der Waals surface area contributed by atoms with Crippen LogP contribution in [0.3, 0.4) is 0 Å². The lowest BCUT2D eigenvalue weighted by Gasteiger charge is -2.18. The number of nitrogens with one attached hydrogen (secondary N) is 1. The van der Waals surface area contributed by atoms with E-state index in [1.165, 1.54) is 17.2 Å². The van der Waals surface area contributed by atoms with Crippen molar-refractivity contribution in [3.05, 3.63) is 63.6 Å². The zero-order chi connectivity index (χ0) is 14.7. The van der Waals surface area contributed by atoms with Crippen molar-refractivity contribution < 1.29 is 4.79 Å². The van der Waals surface area contributed by atoms with Gasteiger partial charge in [-0.25, -0.2) is 0 Å². The molecule has 2 rings (SSSR count). The fraction of sp³-hybridized carbons (Fsp3) is 0.200. The van der Waals surface area contributed by atoms with Crippen LogP contribution in [0.2, 0.25) is 0 Å². The normalized spacial score (nSPS) is 10.3. The Morgan fingerprint density at radius 1 is 1.35 bits per heavy atom. The van der Waals surface area contributed by atoms with Crippen LogP contribution in [-0.4, -0.2) is 22.8 Å². The Bertz CT molecular complexity index is 692. The summed E-state index contributed by atoms with van der Waals surface area (Å²) in [5, 5.41) is 0. The molecule has 3 N–H and O–H groups in total. The van der Waals surface area contributed by atoms with Gasteiger partial charge >= 0.3 is 0 Å². The lowest BCUT2D eigenvalue weighted by Crippen LogP contribution is -2.30. The summed E-state index contributed by atoms with van der Waals surface area (Å²) in [6.07, 6.45) is 1.45. The number of aromatic nitrogens is 1. The summed E-state index contributed by atoms with van der Waals surface area (Å²) in [6.45, 7) is 2.13. The molecule has 104 valence electrons. The van der Waals surface area contributed by atoms with Crippen LogP contribution in [0.1, 0.15) is 21.6 Å². The van der Waals surface area contributed by atoms with Gasteiger partial charge in [0.25, 0.3) is 5.91 Å². The number of aromatic amines is 1. The van der Waals surface area contributed by atoms with Crippen LogP contribution in [0.15, 0.2) is 41.3 Å². The molecule has 0 spiro atoms. The third kappa shape index (κ3) is 2.88. The van der Waals surface area contributed by atoms with Crippen molar-refractivity contribution in [3.8, 4) is 0 Å². The molecular weight excluding hydrogens is 254 g/mol. The van der Waals surface area contributed by atoms with Gasteiger partial charge in [0.2, 0.25) is 0 Å². The number of anilines is 1. The standard InChI is InChI=1S/C15H17N3O2/c1-10-7-14(19)12(8-17-10)15(20)18(2)9-11-5-3-4-6-13(11)16/h3-8H,9,16H2,1-2H3,(H,17,19). The third-order valence-electron chi connectivity index (χ3n) is 3.10. The lowest BCUT2D eigenvalue weighted by molar-refractivity contribution is 0.0783. The molecule has 5 nitrogen and oxygen atoms in total. The molecule has 1 amide bonds. The molecular formula is C15H17N3O2. The fourth-order valence-electron chi connectivity index (χ4n) is 1.95. The van der Waals surface area contributed by atoms with Gasteiger partial charge < -0.3 is 15.6 Å². The first-order valence-electron chi connectivity index (χ1n) is 6.27. The number of rotatable bonds is 3. The first-order valence-corrected chi connectivity index (χ1v) is 6.27. The highest BCUT2D eigenvalue weighted by molar-refractivity contribution is 5.93. The van der Waals surface area contributed by atoms with Gasteiger partial charge in [0, 0.05) is 37.2 Å². The molecule has 0 aliphatic heterocycles. The van der Waals surface area contributed by atoms with Crippen LogP contribution >= 0.6 is 0 Å². The van der Waals surface area contributed by atoms with E-state index in [1.54, 1.807) is 20.0 Å². The molecule has 0 saturated heterocycles. The maximum atomic E-state index is 12.3. The molecule has 0 atom stereocenters. The SMILES string of the molecule is Cc1cc(=O)c(C(=O)N(C)Cc2ccccc2N)c[nH]1. The number of hydrogen-bond donors (Lipinski definition) is 2. The monoisotopic (exact) mass is 271 g/mol. The summed E-state index contributed by atoms with van der Waals surface area (Å²) in [7, 11) is 1.65. The Labute approximate surface area is 117 Å². The number of carbonyl (C=O) groups excluding carboxylic acids is 1. The predicted molar refractivity (Wildman–Crippen MR) is 78.5 cm³/mol. The number of aryl methyl sites for hydroxylation is 1. The van der Waals surface area contributed by atoms with Gasteiger partial charge in [-0.3, -0.25) is 9.59 Å². The number of nitrogens with zero attached hydrogens (tertiary/aromatic N) is 1. The van der Waals surface area contributed by atoms with E-state index in [1.807, 2.05) is 18.2 Å². The smallest absolute Gasteiger partial charge is 0.259 e. The number of para-hydroxylation sites is 1. The van der Waals surface area contributed by atoms with Crippen LogP contribution < -0.4 is 11.2 Å². The van der Waals surface area contributed by atoms with Gasteiger partial charge in [-0.1, -0.05) is 18.2 Å². The van der Waals surface area contributed by atoms with Crippen molar-refractivity contribution in [2.75, 3.05) is 12.8 Å². The van der Waals surface area contributed by atoms with Gasteiger partial charge in [0.05, 0.1) is 0 Å². The number of pyridine rings is 1. The van der Waals surface area contributed by atoms with Crippen LogP contribution in [0, 0.1) is 6.92 Å². The molecule has 1 heterocycles. The number of hydrogen-bond acceptors (Lipinski definition) is 3. The van der Waals surface area contributed by atoms with Gasteiger partial charge in [-0.05, 0) is 18.6 Å². The minimum Gasteiger partial charge on any atom is -0.398 e. The van der Waals surface area contributed by atoms with Crippen molar-refractivity contribution in [1.82, 2.24) is 9.88 Å². The summed E-state index contributed by atoms with van der Waals surface area (Å²) < 4.78 is 0. The first-order chi connectivity index (χ1) is 9.49. The van der Waals surface area contributed by atoms with Gasteiger partial charge in [0.15, 0.2) is 5.43 Å². The zero-order valence-electron chi connectivity index (χ0n) is 11.5. The lowest BCUT2D eigenvalue weighted by atomic mass is 10.1. The second-order valence-electron chi connectivity index (χ2n) is 4.75. The van der Waals surface area contributed by atoms with Crippen LogP contribution in [0.5, 0.6) is 0 Å². The van der Waals surface area contributed by atoms with E-state index in [4.69, 9.17) is 5.73 Å². The molecule has 0 aliphatic carbocycles. The maximum absolute atomic E-state index is 12.3. The quantitative estimate of drug-likeness (QED) is 0.831. The number of nitrogens with two attached hydrogens (primary N) is 1. The maximum Gasteiger partial charge on any atom is 0.259 e. The molecule has 5 heteroatoms. The summed E-state index contributed by atoms with van der Waals surface area (Å²) in [5.74, 6) is -0.325. The van der Waals surface area contributed by atoms with Crippen molar-refractivity contribution in [1.29, 1.82) is 0 Å². The Morgan fingerprint density at radius 3 is 2.70 bits per heavy atom. The van der Waals surface area contributed by atoms with Crippen molar-refractivity contribution in [2.45, 2.75) is 13.5 Å². The minimum atomic E-state index is -0.325. The van der Waals surface area contributed by atoms with Crippen LogP contribution in [-0.2, 0) is 6.54 Å². The molecule has 0 saturated carbocycles. The fourth-order valence-corrected chi connectivity index (χ4v) is 1.95. The third-order valence-corrected chi connectivity index (χ3v) is 3.10.